The molecule has 0 unspecified atom stereocenters. The van der Waals surface area contributed by atoms with Gasteiger partial charge < -0.3 is 10.2 Å². The molecule has 0 bridgehead atoms. The summed E-state index contributed by atoms with van der Waals surface area (Å²) in [5, 5.41) is 2.63. The van der Waals surface area contributed by atoms with Crippen LogP contribution in [0.1, 0.15) is 23.9 Å². The van der Waals surface area contributed by atoms with Gasteiger partial charge in [0.1, 0.15) is 6.61 Å². The minimum Gasteiger partial charge on any atom is -0.413 e. The van der Waals surface area contributed by atoms with Crippen molar-refractivity contribution in [1.82, 2.24) is 10.0 Å². The number of fused-ring (bicyclic) bond motifs is 1. The molecular weight excluding hydrogens is 208 g/mol. The van der Waals surface area contributed by atoms with Crippen molar-refractivity contribution in [3.8, 4) is 0 Å². The first-order chi connectivity index (χ1) is 7.59. The molecule has 5 nitrogen and oxygen atoms in total. The highest BCUT2D eigenvalue weighted by Crippen LogP contribution is 2.11. The van der Waals surface area contributed by atoms with E-state index in [1.165, 1.54) is 6.92 Å². The zero-order chi connectivity index (χ0) is 11.7. The van der Waals surface area contributed by atoms with E-state index >= 15 is 0 Å². The summed E-state index contributed by atoms with van der Waals surface area (Å²) in [6, 6.07) is 1.58. The third-order valence-corrected chi connectivity index (χ3v) is 2.69. The number of rotatable bonds is 2. The maximum absolute atomic E-state index is 11.8. The largest absolute Gasteiger partial charge is 0.413 e. The van der Waals surface area contributed by atoms with Gasteiger partial charge in [0.05, 0.1) is 11.4 Å². The molecule has 0 aliphatic carbocycles. The molecule has 1 aromatic rings. The lowest BCUT2D eigenvalue weighted by Gasteiger charge is -2.12. The average Bonchev–Trinajstić information content (AvgIpc) is 2.64. The molecule has 2 heterocycles. The first-order valence-electron chi connectivity index (χ1n) is 5.21. The van der Waals surface area contributed by atoms with E-state index in [0.717, 1.165) is 17.8 Å². The molecule has 5 heteroatoms. The Bertz CT molecular complexity index is 491. The minimum atomic E-state index is -0.148. The zero-order valence-electron chi connectivity index (χ0n) is 9.37. The molecule has 0 saturated heterocycles. The van der Waals surface area contributed by atoms with E-state index in [2.05, 4.69) is 5.32 Å². The van der Waals surface area contributed by atoms with Gasteiger partial charge in [-0.05, 0) is 6.92 Å². The van der Waals surface area contributed by atoms with Gasteiger partial charge in [-0.2, -0.15) is 4.73 Å². The predicted molar refractivity (Wildman–Crippen MR) is 58.1 cm³/mol. The zero-order valence-corrected chi connectivity index (χ0v) is 9.37. The highest BCUT2D eigenvalue weighted by molar-refractivity contribution is 5.72. The summed E-state index contributed by atoms with van der Waals surface area (Å²) in [4.78, 5) is 28.0. The second kappa shape index (κ2) is 4.00. The molecule has 0 atom stereocenters. The van der Waals surface area contributed by atoms with Crippen molar-refractivity contribution in [2.45, 2.75) is 26.8 Å². The summed E-state index contributed by atoms with van der Waals surface area (Å²) in [6.07, 6.45) is 0.760. The van der Waals surface area contributed by atoms with Crippen molar-refractivity contribution in [2.24, 2.45) is 0 Å². The number of carbonyl (C=O) groups excluding carboxylic acids is 1. The van der Waals surface area contributed by atoms with Crippen LogP contribution in [0.5, 0.6) is 0 Å². The second-order valence-electron chi connectivity index (χ2n) is 3.85. The standard InChI is InChI=1S/C11H14N2O3/c1-7-10(6-12-8(2)14)11(15)5-9-3-4-16-13(7)9/h5H,3-4,6H2,1-2H3,(H,12,14). The lowest BCUT2D eigenvalue weighted by molar-refractivity contribution is -0.119. The van der Waals surface area contributed by atoms with Crippen LogP contribution in [0.2, 0.25) is 0 Å². The number of hydrogen-bond donors (Lipinski definition) is 1. The summed E-state index contributed by atoms with van der Waals surface area (Å²) >= 11 is 0. The monoisotopic (exact) mass is 222 g/mol. The van der Waals surface area contributed by atoms with Gasteiger partial charge in [0.25, 0.3) is 0 Å². The van der Waals surface area contributed by atoms with Crippen LogP contribution in [0.4, 0.5) is 0 Å². The van der Waals surface area contributed by atoms with Gasteiger partial charge in [0.15, 0.2) is 5.43 Å². The van der Waals surface area contributed by atoms with Crippen LogP contribution in [-0.4, -0.2) is 17.2 Å². The smallest absolute Gasteiger partial charge is 0.217 e. The predicted octanol–water partition coefficient (Wildman–Crippen LogP) is -0.222. The van der Waals surface area contributed by atoms with E-state index < -0.39 is 0 Å². The summed E-state index contributed by atoms with van der Waals surface area (Å²) in [5.41, 5.74) is 2.21. The Labute approximate surface area is 93.0 Å². The van der Waals surface area contributed by atoms with E-state index in [1.807, 2.05) is 6.92 Å². The molecule has 1 N–H and O–H groups in total. The Morgan fingerprint density at radius 3 is 3.06 bits per heavy atom. The van der Waals surface area contributed by atoms with Crippen LogP contribution < -0.4 is 15.6 Å². The molecule has 1 amide bonds. The first kappa shape index (κ1) is 10.7. The van der Waals surface area contributed by atoms with Crippen LogP contribution in [0, 0.1) is 6.92 Å². The molecule has 1 aliphatic heterocycles. The fourth-order valence-electron chi connectivity index (χ4n) is 1.84. The Morgan fingerprint density at radius 1 is 1.62 bits per heavy atom. The van der Waals surface area contributed by atoms with Gasteiger partial charge in [-0.1, -0.05) is 0 Å². The Hall–Kier alpha value is -1.78. The maximum atomic E-state index is 11.8. The molecule has 0 fully saturated rings. The van der Waals surface area contributed by atoms with Gasteiger partial charge in [0, 0.05) is 31.5 Å². The Balaban J connectivity index is 2.38. The molecule has 86 valence electrons. The number of hydrogen-bond acceptors (Lipinski definition) is 3. The lowest BCUT2D eigenvalue weighted by Crippen LogP contribution is -2.27. The highest BCUT2D eigenvalue weighted by Gasteiger charge is 2.17. The number of nitrogens with one attached hydrogen (secondary N) is 1. The summed E-state index contributed by atoms with van der Waals surface area (Å²) in [5.74, 6) is -0.148. The topological polar surface area (TPSA) is 60.3 Å². The molecule has 1 aliphatic rings. The normalized spacial score (nSPS) is 13.1. The Kier molecular flexibility index (Phi) is 2.68. The van der Waals surface area contributed by atoms with Crippen LogP contribution in [0.15, 0.2) is 10.9 Å². The van der Waals surface area contributed by atoms with Gasteiger partial charge in [-0.15, -0.1) is 0 Å². The summed E-state index contributed by atoms with van der Waals surface area (Å²) in [6.45, 7) is 4.11. The van der Waals surface area contributed by atoms with Crippen molar-refractivity contribution in [2.75, 3.05) is 6.61 Å². The number of pyridine rings is 1. The number of aromatic nitrogens is 1. The SMILES string of the molecule is CC(=O)NCc1c(C)n2c(cc1=O)CCO2. The lowest BCUT2D eigenvalue weighted by atomic mass is 10.1. The van der Waals surface area contributed by atoms with Gasteiger partial charge >= 0.3 is 0 Å². The van der Waals surface area contributed by atoms with Gasteiger partial charge in [-0.3, -0.25) is 9.59 Å². The Morgan fingerprint density at radius 2 is 2.38 bits per heavy atom. The number of nitrogens with zero attached hydrogens (tertiary/aromatic N) is 1. The molecule has 0 radical (unpaired) electrons. The summed E-state index contributed by atoms with van der Waals surface area (Å²) < 4.78 is 1.68. The van der Waals surface area contributed by atoms with E-state index in [-0.39, 0.29) is 17.9 Å². The van der Waals surface area contributed by atoms with Gasteiger partial charge in [0.2, 0.25) is 5.91 Å². The second-order valence-corrected chi connectivity index (χ2v) is 3.85. The van der Waals surface area contributed by atoms with Crippen LogP contribution in [0.3, 0.4) is 0 Å². The van der Waals surface area contributed by atoms with Crippen molar-refractivity contribution >= 4 is 5.91 Å². The fraction of sp³-hybridized carbons (Fsp3) is 0.455. The fourth-order valence-corrected chi connectivity index (χ4v) is 1.84. The molecule has 0 saturated carbocycles. The quantitative estimate of drug-likeness (QED) is 0.752. The average molecular weight is 222 g/mol. The van der Waals surface area contributed by atoms with Crippen LogP contribution >= 0.6 is 0 Å². The maximum Gasteiger partial charge on any atom is 0.217 e. The first-order valence-corrected chi connectivity index (χ1v) is 5.21. The molecule has 0 spiro atoms. The van der Waals surface area contributed by atoms with E-state index in [0.29, 0.717) is 12.2 Å². The van der Waals surface area contributed by atoms with Crippen molar-refractivity contribution in [1.29, 1.82) is 0 Å². The third kappa shape index (κ3) is 1.80. The van der Waals surface area contributed by atoms with E-state index in [1.54, 1.807) is 10.8 Å². The number of amides is 1. The molecule has 2 rings (SSSR count). The van der Waals surface area contributed by atoms with Crippen molar-refractivity contribution in [3.63, 3.8) is 0 Å². The van der Waals surface area contributed by atoms with Crippen LogP contribution in [0.25, 0.3) is 0 Å². The van der Waals surface area contributed by atoms with Crippen molar-refractivity contribution < 1.29 is 9.63 Å². The van der Waals surface area contributed by atoms with E-state index in [4.69, 9.17) is 4.84 Å². The molecular formula is C11H14N2O3. The minimum absolute atomic E-state index is 0.0389. The van der Waals surface area contributed by atoms with Crippen LogP contribution in [-0.2, 0) is 17.8 Å². The van der Waals surface area contributed by atoms with E-state index in [9.17, 15) is 9.59 Å². The third-order valence-electron chi connectivity index (χ3n) is 2.69. The molecule has 16 heavy (non-hydrogen) atoms. The number of carbonyl (C=O) groups is 1. The molecule has 0 aromatic carbocycles. The van der Waals surface area contributed by atoms with Crippen molar-refractivity contribution in [3.05, 3.63) is 33.2 Å². The highest BCUT2D eigenvalue weighted by atomic mass is 16.7. The van der Waals surface area contributed by atoms with Gasteiger partial charge in [-0.25, -0.2) is 0 Å². The molecule has 1 aromatic heterocycles. The summed E-state index contributed by atoms with van der Waals surface area (Å²) in [7, 11) is 0.